The second kappa shape index (κ2) is 6.05. The Balaban J connectivity index is 2.39. The van der Waals surface area contributed by atoms with Crippen LogP contribution in [0.5, 0.6) is 0 Å². The number of benzene rings is 2. The van der Waals surface area contributed by atoms with Crippen LogP contribution in [0.2, 0.25) is 0 Å². The van der Waals surface area contributed by atoms with Gasteiger partial charge in [0.25, 0.3) is 0 Å². The molecule has 0 saturated carbocycles. The van der Waals surface area contributed by atoms with Crippen molar-refractivity contribution in [3.63, 3.8) is 0 Å². The fraction of sp³-hybridized carbons (Fsp3) is 0.118. The molecule has 0 N–H and O–H groups in total. The molecule has 2 rings (SSSR count). The van der Waals surface area contributed by atoms with Gasteiger partial charge in [0.1, 0.15) is 0 Å². The Hall–Kier alpha value is -2.04. The van der Waals surface area contributed by atoms with E-state index in [1.54, 1.807) is 0 Å². The molecule has 0 aromatic heterocycles. The Morgan fingerprint density at radius 3 is 1.78 bits per heavy atom. The third kappa shape index (κ3) is 2.80. The van der Waals surface area contributed by atoms with E-state index >= 15 is 0 Å². The summed E-state index contributed by atoms with van der Waals surface area (Å²) in [5.74, 6) is 2.69. The smallest absolute Gasteiger partial charge is 0.0993 e. The predicted molar refractivity (Wildman–Crippen MR) is 75.8 cm³/mol. The average molecular weight is 234 g/mol. The highest BCUT2D eigenvalue weighted by molar-refractivity contribution is 5.44. The SMILES string of the molecule is C#CCN(C)[C](c1ccccc1)c1ccccc1. The normalized spacial score (nSPS) is 10.6. The molecular weight excluding hydrogens is 218 g/mol. The molecule has 0 aliphatic heterocycles. The highest BCUT2D eigenvalue weighted by Crippen LogP contribution is 2.25. The molecule has 0 amide bonds. The van der Waals surface area contributed by atoms with Crippen molar-refractivity contribution in [2.75, 3.05) is 13.6 Å². The summed E-state index contributed by atoms with van der Waals surface area (Å²) in [6.07, 6.45) is 5.42. The lowest BCUT2D eigenvalue weighted by atomic mass is 9.97. The second-order valence-corrected chi connectivity index (χ2v) is 4.14. The maximum absolute atomic E-state index is 5.42. The molecule has 0 fully saturated rings. The lowest BCUT2D eigenvalue weighted by Gasteiger charge is -2.26. The Labute approximate surface area is 109 Å². The monoisotopic (exact) mass is 234 g/mol. The van der Waals surface area contributed by atoms with Gasteiger partial charge < -0.3 is 0 Å². The summed E-state index contributed by atoms with van der Waals surface area (Å²) in [6, 6.07) is 21.8. The molecule has 2 aromatic carbocycles. The van der Waals surface area contributed by atoms with Gasteiger partial charge in [0.2, 0.25) is 0 Å². The van der Waals surface area contributed by atoms with Crippen molar-refractivity contribution in [1.29, 1.82) is 0 Å². The van der Waals surface area contributed by atoms with Gasteiger partial charge in [-0.25, -0.2) is 0 Å². The number of nitrogens with zero attached hydrogens (tertiary/aromatic N) is 1. The minimum atomic E-state index is 0.596. The summed E-state index contributed by atoms with van der Waals surface area (Å²) in [5.41, 5.74) is 2.36. The lowest BCUT2D eigenvalue weighted by molar-refractivity contribution is 0.427. The Morgan fingerprint density at radius 1 is 0.944 bits per heavy atom. The molecule has 2 aromatic rings. The van der Waals surface area contributed by atoms with Crippen LogP contribution in [-0.4, -0.2) is 18.5 Å². The number of hydrogen-bond donors (Lipinski definition) is 0. The third-order valence-electron chi connectivity index (χ3n) is 2.80. The van der Waals surface area contributed by atoms with E-state index in [1.807, 2.05) is 43.4 Å². The van der Waals surface area contributed by atoms with Crippen LogP contribution >= 0.6 is 0 Å². The molecule has 18 heavy (non-hydrogen) atoms. The van der Waals surface area contributed by atoms with Gasteiger partial charge in [0.05, 0.1) is 12.6 Å². The van der Waals surface area contributed by atoms with E-state index < -0.39 is 0 Å². The number of hydrogen-bond acceptors (Lipinski definition) is 1. The molecule has 0 aliphatic rings. The highest BCUT2D eigenvalue weighted by Gasteiger charge is 2.19. The van der Waals surface area contributed by atoms with Crippen LogP contribution in [0.3, 0.4) is 0 Å². The molecule has 0 spiro atoms. The van der Waals surface area contributed by atoms with Crippen molar-refractivity contribution in [2.24, 2.45) is 0 Å². The van der Waals surface area contributed by atoms with Crippen molar-refractivity contribution in [3.8, 4) is 12.3 Å². The molecule has 0 aliphatic carbocycles. The van der Waals surface area contributed by atoms with E-state index in [0.717, 1.165) is 6.04 Å². The topological polar surface area (TPSA) is 3.24 Å². The minimum absolute atomic E-state index is 0.596. The molecule has 0 saturated heterocycles. The fourth-order valence-corrected chi connectivity index (χ4v) is 2.02. The summed E-state index contributed by atoms with van der Waals surface area (Å²) in [6.45, 7) is 0.596. The number of rotatable bonds is 4. The van der Waals surface area contributed by atoms with E-state index in [1.165, 1.54) is 11.1 Å². The molecule has 0 bridgehead atoms. The van der Waals surface area contributed by atoms with Gasteiger partial charge in [-0.15, -0.1) is 6.42 Å². The van der Waals surface area contributed by atoms with Gasteiger partial charge in [0.15, 0.2) is 0 Å². The van der Waals surface area contributed by atoms with Crippen molar-refractivity contribution in [3.05, 3.63) is 77.8 Å². The van der Waals surface area contributed by atoms with Crippen LogP contribution in [0.15, 0.2) is 60.7 Å². The van der Waals surface area contributed by atoms with Crippen LogP contribution in [0.1, 0.15) is 11.1 Å². The van der Waals surface area contributed by atoms with Gasteiger partial charge in [0, 0.05) is 0 Å². The zero-order valence-corrected chi connectivity index (χ0v) is 10.5. The van der Waals surface area contributed by atoms with E-state index in [0.29, 0.717) is 6.54 Å². The first-order chi connectivity index (χ1) is 8.83. The molecular formula is C17H16N. The maximum atomic E-state index is 5.42. The second-order valence-electron chi connectivity index (χ2n) is 4.14. The zero-order chi connectivity index (χ0) is 12.8. The van der Waals surface area contributed by atoms with E-state index in [-0.39, 0.29) is 0 Å². The van der Waals surface area contributed by atoms with Gasteiger partial charge in [-0.3, -0.25) is 4.90 Å². The maximum Gasteiger partial charge on any atom is 0.0993 e. The van der Waals surface area contributed by atoms with Gasteiger partial charge in [-0.2, -0.15) is 0 Å². The molecule has 1 nitrogen and oxygen atoms in total. The first-order valence-corrected chi connectivity index (χ1v) is 5.95. The minimum Gasteiger partial charge on any atom is -0.280 e. The number of terminal acetylenes is 1. The quantitative estimate of drug-likeness (QED) is 0.734. The highest BCUT2D eigenvalue weighted by atomic mass is 15.1. The van der Waals surface area contributed by atoms with Crippen LogP contribution in [-0.2, 0) is 0 Å². The molecule has 0 unspecified atom stereocenters. The van der Waals surface area contributed by atoms with Crippen molar-refractivity contribution >= 4 is 0 Å². The Morgan fingerprint density at radius 2 is 1.39 bits per heavy atom. The Kier molecular flexibility index (Phi) is 4.17. The lowest BCUT2D eigenvalue weighted by Crippen LogP contribution is -2.26. The average Bonchev–Trinajstić information content (AvgIpc) is 2.42. The standard InChI is InChI=1S/C17H16N/c1-3-14-18(2)17(15-10-6-4-7-11-15)16-12-8-5-9-13-16/h1,4-13H,14H2,2H3. The summed E-state index contributed by atoms with van der Waals surface area (Å²) >= 11 is 0. The Bertz CT molecular complexity index is 471. The van der Waals surface area contributed by atoms with Crippen molar-refractivity contribution in [1.82, 2.24) is 4.90 Å². The van der Waals surface area contributed by atoms with Crippen molar-refractivity contribution in [2.45, 2.75) is 0 Å². The summed E-state index contributed by atoms with van der Waals surface area (Å²) in [4.78, 5) is 2.10. The largest absolute Gasteiger partial charge is 0.280 e. The van der Waals surface area contributed by atoms with Gasteiger partial charge in [-0.1, -0.05) is 66.6 Å². The first kappa shape index (κ1) is 12.4. The van der Waals surface area contributed by atoms with Crippen LogP contribution in [0.4, 0.5) is 0 Å². The fourth-order valence-electron chi connectivity index (χ4n) is 2.02. The molecule has 0 atom stereocenters. The van der Waals surface area contributed by atoms with Crippen molar-refractivity contribution < 1.29 is 0 Å². The van der Waals surface area contributed by atoms with Gasteiger partial charge in [-0.05, 0) is 18.2 Å². The summed E-state index contributed by atoms with van der Waals surface area (Å²) in [7, 11) is 2.02. The van der Waals surface area contributed by atoms with Crippen LogP contribution < -0.4 is 0 Å². The van der Waals surface area contributed by atoms with Crippen LogP contribution in [0.25, 0.3) is 0 Å². The molecule has 1 radical (unpaired) electrons. The first-order valence-electron chi connectivity index (χ1n) is 5.95. The third-order valence-corrected chi connectivity index (χ3v) is 2.80. The summed E-state index contributed by atoms with van der Waals surface area (Å²) < 4.78 is 0. The predicted octanol–water partition coefficient (Wildman–Crippen LogP) is 3.18. The zero-order valence-electron chi connectivity index (χ0n) is 10.5. The molecule has 89 valence electrons. The van der Waals surface area contributed by atoms with E-state index in [9.17, 15) is 0 Å². The van der Waals surface area contributed by atoms with E-state index in [2.05, 4.69) is 35.1 Å². The molecule has 1 heteroatoms. The van der Waals surface area contributed by atoms with Gasteiger partial charge >= 0.3 is 0 Å². The summed E-state index contributed by atoms with van der Waals surface area (Å²) in [5, 5.41) is 0. The van der Waals surface area contributed by atoms with E-state index in [4.69, 9.17) is 6.42 Å². The van der Waals surface area contributed by atoms with Crippen LogP contribution in [0, 0.1) is 18.4 Å². The molecule has 0 heterocycles.